The Bertz CT molecular complexity index is 1240. The van der Waals surface area contributed by atoms with Crippen molar-refractivity contribution in [1.29, 1.82) is 0 Å². The number of thiazole rings is 1. The van der Waals surface area contributed by atoms with Crippen molar-refractivity contribution in [2.45, 2.75) is 19.4 Å². The minimum Gasteiger partial charge on any atom is -0.340 e. The van der Waals surface area contributed by atoms with Gasteiger partial charge in [0.05, 0.1) is 5.69 Å². The molecule has 2 saturated heterocycles. The molecule has 8 nitrogen and oxygen atoms in total. The van der Waals surface area contributed by atoms with Gasteiger partial charge in [0.2, 0.25) is 5.91 Å². The number of likely N-dealkylation sites (tertiary alicyclic amines) is 1. The molecule has 0 N–H and O–H groups in total. The molecule has 10 heteroatoms. The summed E-state index contributed by atoms with van der Waals surface area (Å²) in [6.07, 6.45) is 3.01. The first-order chi connectivity index (χ1) is 16.5. The summed E-state index contributed by atoms with van der Waals surface area (Å²) in [5.74, 6) is -0.403. The average Bonchev–Trinajstić information content (AvgIpc) is 3.34. The molecule has 0 radical (unpaired) electrons. The molecular weight excluding hydrogens is 457 g/mol. The number of amides is 2. The third kappa shape index (κ3) is 4.74. The number of carbonyl (C=O) groups excluding carboxylic acids is 2. The van der Waals surface area contributed by atoms with Crippen LogP contribution in [0.3, 0.4) is 0 Å². The van der Waals surface area contributed by atoms with Crippen LogP contribution in [0.5, 0.6) is 0 Å². The smallest absolute Gasteiger partial charge is 0.258 e. The number of hydrogen-bond donors (Lipinski definition) is 0. The fourth-order valence-corrected chi connectivity index (χ4v) is 5.43. The largest absolute Gasteiger partial charge is 0.340 e. The van der Waals surface area contributed by atoms with Crippen LogP contribution in [0.2, 0.25) is 0 Å². The van der Waals surface area contributed by atoms with E-state index in [2.05, 4.69) is 9.88 Å². The molecule has 2 fully saturated rings. The van der Waals surface area contributed by atoms with Crippen molar-refractivity contribution in [2.24, 2.45) is 5.92 Å². The van der Waals surface area contributed by atoms with Gasteiger partial charge in [-0.3, -0.25) is 23.7 Å². The molecular formula is C24H26FN5O3S. The summed E-state index contributed by atoms with van der Waals surface area (Å²) < 4.78 is 14.7. The van der Waals surface area contributed by atoms with Gasteiger partial charge in [-0.05, 0) is 37.1 Å². The number of piperazine rings is 1. The van der Waals surface area contributed by atoms with Gasteiger partial charge in [0.25, 0.3) is 11.5 Å². The number of hydrogen-bond acceptors (Lipinski definition) is 6. The molecule has 0 aliphatic carbocycles. The highest BCUT2D eigenvalue weighted by atomic mass is 32.1. The first kappa shape index (κ1) is 22.7. The third-order valence-corrected chi connectivity index (χ3v) is 7.40. The molecule has 0 bridgehead atoms. The third-order valence-electron chi connectivity index (χ3n) is 6.65. The minimum atomic E-state index is -0.366. The molecule has 2 amide bonds. The van der Waals surface area contributed by atoms with Gasteiger partial charge in [0.1, 0.15) is 5.82 Å². The molecule has 178 valence electrons. The molecule has 2 aliphatic rings. The van der Waals surface area contributed by atoms with Gasteiger partial charge < -0.3 is 9.80 Å². The van der Waals surface area contributed by atoms with Crippen LogP contribution < -0.4 is 5.56 Å². The molecule has 34 heavy (non-hydrogen) atoms. The topological polar surface area (TPSA) is 78.2 Å². The highest BCUT2D eigenvalue weighted by molar-refractivity contribution is 7.15. The maximum absolute atomic E-state index is 13.1. The van der Waals surface area contributed by atoms with Crippen molar-refractivity contribution < 1.29 is 14.0 Å². The van der Waals surface area contributed by atoms with Gasteiger partial charge >= 0.3 is 0 Å². The van der Waals surface area contributed by atoms with E-state index in [1.54, 1.807) is 21.6 Å². The number of fused-ring (bicyclic) bond motifs is 1. The fourth-order valence-electron chi connectivity index (χ4n) is 4.69. The minimum absolute atomic E-state index is 0.0701. The predicted octanol–water partition coefficient (Wildman–Crippen LogP) is 2.09. The zero-order chi connectivity index (χ0) is 23.7. The van der Waals surface area contributed by atoms with Crippen LogP contribution in [0.25, 0.3) is 4.96 Å². The number of piperidine rings is 1. The van der Waals surface area contributed by atoms with E-state index in [-0.39, 0.29) is 29.1 Å². The predicted molar refractivity (Wildman–Crippen MR) is 126 cm³/mol. The second-order valence-electron chi connectivity index (χ2n) is 8.82. The van der Waals surface area contributed by atoms with Gasteiger partial charge in [0.15, 0.2) is 4.96 Å². The normalized spacial score (nSPS) is 17.9. The summed E-state index contributed by atoms with van der Waals surface area (Å²) >= 11 is 1.44. The molecule has 0 atom stereocenters. The maximum Gasteiger partial charge on any atom is 0.258 e. The highest BCUT2D eigenvalue weighted by Crippen LogP contribution is 2.22. The van der Waals surface area contributed by atoms with E-state index in [0.29, 0.717) is 56.1 Å². The average molecular weight is 484 g/mol. The van der Waals surface area contributed by atoms with E-state index >= 15 is 0 Å². The van der Waals surface area contributed by atoms with E-state index in [9.17, 15) is 18.8 Å². The van der Waals surface area contributed by atoms with Crippen LogP contribution in [-0.4, -0.2) is 75.2 Å². The van der Waals surface area contributed by atoms with Crippen molar-refractivity contribution in [3.8, 4) is 0 Å². The van der Waals surface area contributed by atoms with Crippen LogP contribution in [0.15, 0.2) is 46.7 Å². The maximum atomic E-state index is 13.1. The molecule has 5 rings (SSSR count). The van der Waals surface area contributed by atoms with Crippen LogP contribution in [0.1, 0.15) is 28.9 Å². The van der Waals surface area contributed by atoms with E-state index in [0.717, 1.165) is 18.8 Å². The van der Waals surface area contributed by atoms with Gasteiger partial charge in [-0.2, -0.15) is 0 Å². The number of benzene rings is 1. The lowest BCUT2D eigenvalue weighted by atomic mass is 9.94. The van der Waals surface area contributed by atoms with Crippen molar-refractivity contribution in [3.63, 3.8) is 0 Å². The zero-order valence-corrected chi connectivity index (χ0v) is 19.5. The number of nitrogens with zero attached hydrogens (tertiary/aromatic N) is 5. The summed E-state index contributed by atoms with van der Waals surface area (Å²) in [6, 6.07) is 7.16. The van der Waals surface area contributed by atoms with Crippen LogP contribution in [-0.2, 0) is 11.3 Å². The van der Waals surface area contributed by atoms with Crippen LogP contribution >= 0.6 is 11.3 Å². The molecule has 0 unspecified atom stereocenters. The Balaban J connectivity index is 1.11. The Morgan fingerprint density at radius 3 is 2.41 bits per heavy atom. The first-order valence-electron chi connectivity index (χ1n) is 11.5. The fraction of sp³-hybridized carbons (Fsp3) is 0.417. The number of carbonyl (C=O) groups is 2. The standard InChI is InChI=1S/C24H26FN5O3S/c25-19-3-1-17(2-4-19)22(32)28-7-5-18(6-8-28)23(33)29-11-9-27(10-12-29)16-20-15-21(31)30-13-14-34-24(30)26-20/h1-4,13-15,18H,5-12,16H2. The Morgan fingerprint density at radius 2 is 1.71 bits per heavy atom. The lowest BCUT2D eigenvalue weighted by Crippen LogP contribution is -2.51. The number of rotatable bonds is 4. The van der Waals surface area contributed by atoms with Gasteiger partial charge in [-0.15, -0.1) is 11.3 Å². The van der Waals surface area contributed by atoms with E-state index in [4.69, 9.17) is 0 Å². The van der Waals surface area contributed by atoms with Gasteiger partial charge in [0, 0.05) is 74.9 Å². The Hall–Kier alpha value is -3.11. The molecule has 0 spiro atoms. The monoisotopic (exact) mass is 483 g/mol. The summed E-state index contributed by atoms with van der Waals surface area (Å²) in [7, 11) is 0. The number of aromatic nitrogens is 2. The summed E-state index contributed by atoms with van der Waals surface area (Å²) in [5.41, 5.74) is 1.16. The van der Waals surface area contributed by atoms with Crippen molar-refractivity contribution in [1.82, 2.24) is 24.1 Å². The van der Waals surface area contributed by atoms with Crippen LogP contribution in [0, 0.1) is 11.7 Å². The Kier molecular flexibility index (Phi) is 6.42. The van der Waals surface area contributed by atoms with E-state index in [1.807, 2.05) is 10.3 Å². The zero-order valence-electron chi connectivity index (χ0n) is 18.7. The molecule has 0 saturated carbocycles. The van der Waals surface area contributed by atoms with Gasteiger partial charge in [-0.25, -0.2) is 9.37 Å². The Morgan fingerprint density at radius 1 is 1.00 bits per heavy atom. The highest BCUT2D eigenvalue weighted by Gasteiger charge is 2.32. The lowest BCUT2D eigenvalue weighted by molar-refractivity contribution is -0.138. The quantitative estimate of drug-likeness (QED) is 0.568. The second-order valence-corrected chi connectivity index (χ2v) is 9.69. The van der Waals surface area contributed by atoms with E-state index < -0.39 is 0 Å². The first-order valence-corrected chi connectivity index (χ1v) is 12.4. The Labute approximate surface area is 200 Å². The van der Waals surface area contributed by atoms with Crippen LogP contribution in [0.4, 0.5) is 4.39 Å². The van der Waals surface area contributed by atoms with Crippen molar-refractivity contribution in [3.05, 3.63) is 69.3 Å². The molecule has 2 aromatic heterocycles. The SMILES string of the molecule is O=C(c1ccc(F)cc1)N1CCC(C(=O)N2CCN(Cc3cc(=O)n4ccsc4n3)CC2)CC1. The summed E-state index contributed by atoms with van der Waals surface area (Å²) in [6.45, 7) is 4.41. The summed E-state index contributed by atoms with van der Waals surface area (Å²) in [5, 5.41) is 1.85. The molecule has 2 aliphatic heterocycles. The molecule has 4 heterocycles. The molecule has 1 aromatic carbocycles. The summed E-state index contributed by atoms with van der Waals surface area (Å²) in [4.78, 5) is 49.1. The second kappa shape index (κ2) is 9.63. The lowest BCUT2D eigenvalue weighted by Gasteiger charge is -2.38. The van der Waals surface area contributed by atoms with Crippen molar-refractivity contribution >= 4 is 28.1 Å². The number of halogens is 1. The van der Waals surface area contributed by atoms with E-state index in [1.165, 1.54) is 35.6 Å². The van der Waals surface area contributed by atoms with Gasteiger partial charge in [-0.1, -0.05) is 0 Å². The van der Waals surface area contributed by atoms with Crippen molar-refractivity contribution in [2.75, 3.05) is 39.3 Å². The molecule has 3 aromatic rings.